The summed E-state index contributed by atoms with van der Waals surface area (Å²) in [6, 6.07) is 21.5. The van der Waals surface area contributed by atoms with Crippen molar-refractivity contribution in [3.63, 3.8) is 0 Å². The molecule has 42 heavy (non-hydrogen) atoms. The van der Waals surface area contributed by atoms with E-state index in [1.165, 1.54) is 16.7 Å². The lowest BCUT2D eigenvalue weighted by molar-refractivity contribution is -0.127. The quantitative estimate of drug-likeness (QED) is 0.348. The van der Waals surface area contributed by atoms with Gasteiger partial charge in [0.2, 0.25) is 5.91 Å². The average molecular weight is 568 g/mol. The third-order valence-electron chi connectivity index (χ3n) is 8.45. The lowest BCUT2D eigenvalue weighted by Gasteiger charge is -2.37. The van der Waals surface area contributed by atoms with E-state index in [0.29, 0.717) is 30.2 Å². The Hall–Kier alpha value is -3.64. The molecule has 6 nitrogen and oxygen atoms in total. The molecule has 0 saturated carbocycles. The Morgan fingerprint density at radius 2 is 1.76 bits per heavy atom. The van der Waals surface area contributed by atoms with Gasteiger partial charge >= 0.3 is 0 Å². The number of likely N-dealkylation sites (N-methyl/N-ethyl adjacent to an activating group) is 1. The minimum Gasteiger partial charge on any atom is -0.487 e. The Labute approximate surface area is 251 Å². The van der Waals surface area contributed by atoms with Crippen molar-refractivity contribution in [2.24, 2.45) is 0 Å². The van der Waals surface area contributed by atoms with E-state index in [9.17, 15) is 9.59 Å². The maximum absolute atomic E-state index is 14.1. The van der Waals surface area contributed by atoms with Gasteiger partial charge in [0.1, 0.15) is 17.4 Å². The van der Waals surface area contributed by atoms with Crippen molar-refractivity contribution >= 4 is 11.8 Å². The summed E-state index contributed by atoms with van der Waals surface area (Å²) in [5.74, 6) is 0.812. The summed E-state index contributed by atoms with van der Waals surface area (Å²) in [7, 11) is 4.03. The zero-order chi connectivity index (χ0) is 30.0. The highest BCUT2D eigenvalue weighted by Crippen LogP contribution is 2.33. The predicted molar refractivity (Wildman–Crippen MR) is 168 cm³/mol. The Balaban J connectivity index is 1.41. The van der Waals surface area contributed by atoms with E-state index in [1.807, 2.05) is 58.3 Å². The third kappa shape index (κ3) is 6.70. The number of fused-ring (bicyclic) bond motifs is 2. The first kappa shape index (κ1) is 29.8. The van der Waals surface area contributed by atoms with Gasteiger partial charge in [0.25, 0.3) is 5.91 Å². The fraction of sp³-hybridized carbons (Fsp3) is 0.444. The second-order valence-electron chi connectivity index (χ2n) is 13.1. The number of benzene rings is 3. The zero-order valence-electron chi connectivity index (χ0n) is 25.9. The lowest BCUT2D eigenvalue weighted by atomic mass is 9.84. The fourth-order valence-corrected chi connectivity index (χ4v) is 6.54. The molecule has 0 aromatic heterocycles. The minimum atomic E-state index is -0.596. The summed E-state index contributed by atoms with van der Waals surface area (Å²) in [5.41, 5.74) is 6.12. The SMILES string of the molecule is CC(C)c1ccc2c(c1)C(NC(=O)C1Cc3ccccc3CN1C(=O)c1cccc(OC(C)(C)CN(C)C)c1)CCC2. The standard InChI is InChI=1S/C36H45N3O3/c1-24(2)26-18-17-25-13-10-16-32(31(25)20-26)37-34(40)33-21-27-11-7-8-12-29(27)22-39(33)35(41)28-14-9-15-30(19-28)42-36(3,4)23-38(5)6/h7-9,11-12,14-15,17-20,24,32-33H,10,13,16,21-23H2,1-6H3,(H,37,40). The van der Waals surface area contributed by atoms with Crippen LogP contribution in [0.3, 0.4) is 0 Å². The van der Waals surface area contributed by atoms with Crippen molar-refractivity contribution < 1.29 is 14.3 Å². The van der Waals surface area contributed by atoms with E-state index >= 15 is 0 Å². The molecule has 0 radical (unpaired) electrons. The van der Waals surface area contributed by atoms with Crippen LogP contribution in [-0.2, 0) is 24.2 Å². The Morgan fingerprint density at radius 1 is 1.00 bits per heavy atom. The topological polar surface area (TPSA) is 61.9 Å². The van der Waals surface area contributed by atoms with Crippen LogP contribution < -0.4 is 10.1 Å². The Bertz CT molecular complexity index is 1440. The molecule has 2 amide bonds. The number of amides is 2. The minimum absolute atomic E-state index is 0.0512. The van der Waals surface area contributed by atoms with Gasteiger partial charge < -0.3 is 19.9 Å². The van der Waals surface area contributed by atoms with E-state index in [1.54, 1.807) is 11.0 Å². The van der Waals surface area contributed by atoms with Crippen LogP contribution in [0.1, 0.15) is 90.7 Å². The summed E-state index contributed by atoms with van der Waals surface area (Å²) in [6.07, 6.45) is 3.46. The molecule has 2 aliphatic rings. The number of hydrogen-bond donors (Lipinski definition) is 1. The molecular weight excluding hydrogens is 522 g/mol. The molecule has 1 heterocycles. The molecule has 222 valence electrons. The first-order chi connectivity index (χ1) is 20.0. The molecule has 2 unspecified atom stereocenters. The van der Waals surface area contributed by atoms with E-state index in [0.717, 1.165) is 36.9 Å². The second-order valence-corrected chi connectivity index (χ2v) is 13.1. The number of carbonyl (C=O) groups excluding carboxylic acids is 2. The molecule has 0 saturated heterocycles. The van der Waals surface area contributed by atoms with Gasteiger partial charge in [-0.2, -0.15) is 0 Å². The van der Waals surface area contributed by atoms with Crippen molar-refractivity contribution in [1.82, 2.24) is 15.1 Å². The molecule has 1 N–H and O–H groups in total. The van der Waals surface area contributed by atoms with Crippen LogP contribution in [-0.4, -0.2) is 53.9 Å². The predicted octanol–water partition coefficient (Wildman–Crippen LogP) is 6.29. The number of nitrogens with one attached hydrogen (secondary N) is 1. The van der Waals surface area contributed by atoms with E-state index < -0.39 is 11.6 Å². The van der Waals surface area contributed by atoms with Crippen LogP contribution >= 0.6 is 0 Å². The van der Waals surface area contributed by atoms with Gasteiger partial charge in [-0.25, -0.2) is 0 Å². The second kappa shape index (κ2) is 12.3. The molecule has 0 bridgehead atoms. The molecule has 0 fully saturated rings. The number of nitrogens with zero attached hydrogens (tertiary/aromatic N) is 2. The van der Waals surface area contributed by atoms with E-state index in [-0.39, 0.29) is 17.9 Å². The highest BCUT2D eigenvalue weighted by Gasteiger charge is 2.37. The van der Waals surface area contributed by atoms with Crippen molar-refractivity contribution in [3.05, 3.63) is 100 Å². The maximum Gasteiger partial charge on any atom is 0.254 e. The molecular formula is C36H45N3O3. The van der Waals surface area contributed by atoms with Gasteiger partial charge in [-0.1, -0.05) is 62.4 Å². The highest BCUT2D eigenvalue weighted by atomic mass is 16.5. The molecule has 3 aromatic carbocycles. The number of hydrogen-bond acceptors (Lipinski definition) is 4. The largest absolute Gasteiger partial charge is 0.487 e. The monoisotopic (exact) mass is 567 g/mol. The Morgan fingerprint density at radius 3 is 2.50 bits per heavy atom. The molecule has 5 rings (SSSR count). The number of carbonyl (C=O) groups is 2. The van der Waals surface area contributed by atoms with E-state index in [2.05, 4.69) is 54.4 Å². The smallest absolute Gasteiger partial charge is 0.254 e. The van der Waals surface area contributed by atoms with Crippen molar-refractivity contribution in [1.29, 1.82) is 0 Å². The summed E-state index contributed by atoms with van der Waals surface area (Å²) >= 11 is 0. The van der Waals surface area contributed by atoms with Crippen molar-refractivity contribution in [2.75, 3.05) is 20.6 Å². The van der Waals surface area contributed by atoms with Crippen LogP contribution in [0.2, 0.25) is 0 Å². The molecule has 3 aromatic rings. The van der Waals surface area contributed by atoms with Gasteiger partial charge in [0, 0.05) is 25.1 Å². The lowest BCUT2D eigenvalue weighted by Crippen LogP contribution is -2.53. The Kier molecular flexibility index (Phi) is 8.74. The molecule has 0 spiro atoms. The highest BCUT2D eigenvalue weighted by molar-refractivity contribution is 5.98. The zero-order valence-corrected chi connectivity index (χ0v) is 25.9. The maximum atomic E-state index is 14.1. The van der Waals surface area contributed by atoms with Crippen molar-refractivity contribution in [2.45, 2.75) is 83.5 Å². The third-order valence-corrected chi connectivity index (χ3v) is 8.45. The van der Waals surface area contributed by atoms with Crippen LogP contribution in [0.25, 0.3) is 0 Å². The molecule has 1 aliphatic carbocycles. The number of rotatable bonds is 8. The van der Waals surface area contributed by atoms with Gasteiger partial charge in [0.05, 0.1) is 6.04 Å². The van der Waals surface area contributed by atoms with Gasteiger partial charge in [-0.3, -0.25) is 9.59 Å². The summed E-state index contributed by atoms with van der Waals surface area (Å²) in [6.45, 7) is 9.60. The van der Waals surface area contributed by atoms with Crippen LogP contribution in [0, 0.1) is 0 Å². The fourth-order valence-electron chi connectivity index (χ4n) is 6.54. The first-order valence-electron chi connectivity index (χ1n) is 15.3. The van der Waals surface area contributed by atoms with Crippen LogP contribution in [0.4, 0.5) is 0 Å². The van der Waals surface area contributed by atoms with Crippen molar-refractivity contribution in [3.8, 4) is 5.75 Å². The summed E-state index contributed by atoms with van der Waals surface area (Å²) < 4.78 is 6.29. The molecule has 2 atom stereocenters. The first-order valence-corrected chi connectivity index (χ1v) is 15.3. The normalized spacial score (nSPS) is 18.4. The summed E-state index contributed by atoms with van der Waals surface area (Å²) in [4.78, 5) is 32.0. The van der Waals surface area contributed by atoms with Gasteiger partial charge in [-0.05, 0) is 99.1 Å². The van der Waals surface area contributed by atoms with Gasteiger partial charge in [-0.15, -0.1) is 0 Å². The van der Waals surface area contributed by atoms with Crippen LogP contribution in [0.15, 0.2) is 66.7 Å². The number of ether oxygens (including phenoxy) is 1. The molecule has 6 heteroatoms. The number of aryl methyl sites for hydroxylation is 1. The molecule has 1 aliphatic heterocycles. The van der Waals surface area contributed by atoms with Gasteiger partial charge in [0.15, 0.2) is 0 Å². The average Bonchev–Trinajstić information content (AvgIpc) is 2.95. The van der Waals surface area contributed by atoms with Crippen LogP contribution in [0.5, 0.6) is 5.75 Å². The van der Waals surface area contributed by atoms with E-state index in [4.69, 9.17) is 4.74 Å². The summed E-state index contributed by atoms with van der Waals surface area (Å²) in [5, 5.41) is 3.38.